The molecular formula is C23H31FN4O2. The van der Waals surface area contributed by atoms with Gasteiger partial charge in [-0.15, -0.1) is 0 Å². The number of carbonyl (C=O) groups is 1. The first-order valence-corrected chi connectivity index (χ1v) is 10.7. The van der Waals surface area contributed by atoms with Gasteiger partial charge in [0.05, 0.1) is 12.3 Å². The lowest BCUT2D eigenvalue weighted by Gasteiger charge is -2.36. The molecule has 2 aromatic rings. The lowest BCUT2D eigenvalue weighted by molar-refractivity contribution is 0.240. The molecule has 1 fully saturated rings. The maximum absolute atomic E-state index is 13.9. The first-order valence-electron chi connectivity index (χ1n) is 10.7. The zero-order chi connectivity index (χ0) is 21.2. The molecule has 30 heavy (non-hydrogen) atoms. The van der Waals surface area contributed by atoms with Crippen molar-refractivity contribution in [3.63, 3.8) is 0 Å². The summed E-state index contributed by atoms with van der Waals surface area (Å²) >= 11 is 0. The van der Waals surface area contributed by atoms with Gasteiger partial charge < -0.3 is 20.3 Å². The number of benzene rings is 2. The number of urea groups is 1. The largest absolute Gasteiger partial charge is 0.494 e. The van der Waals surface area contributed by atoms with Crippen LogP contribution in [-0.4, -0.2) is 56.8 Å². The van der Waals surface area contributed by atoms with Crippen LogP contribution >= 0.6 is 0 Å². The van der Waals surface area contributed by atoms with Crippen molar-refractivity contribution in [2.45, 2.75) is 19.8 Å². The number of nitrogens with one attached hydrogen (secondary N) is 2. The highest BCUT2D eigenvalue weighted by Gasteiger charge is 2.19. The van der Waals surface area contributed by atoms with E-state index in [-0.39, 0.29) is 11.8 Å². The van der Waals surface area contributed by atoms with Gasteiger partial charge in [0.25, 0.3) is 0 Å². The molecule has 162 valence electrons. The van der Waals surface area contributed by atoms with Crippen molar-refractivity contribution >= 4 is 17.4 Å². The number of para-hydroxylation sites is 1. The molecule has 0 unspecified atom stereocenters. The molecule has 0 radical (unpaired) electrons. The van der Waals surface area contributed by atoms with Gasteiger partial charge in [-0.05, 0) is 42.8 Å². The lowest BCUT2D eigenvalue weighted by Crippen LogP contribution is -2.49. The number of ether oxygens (including phenoxy) is 1. The molecule has 6 nitrogen and oxygen atoms in total. The van der Waals surface area contributed by atoms with E-state index in [1.54, 1.807) is 6.07 Å². The predicted molar refractivity (Wildman–Crippen MR) is 119 cm³/mol. The number of hydrogen-bond acceptors (Lipinski definition) is 4. The van der Waals surface area contributed by atoms with Gasteiger partial charge in [0.15, 0.2) is 0 Å². The molecule has 0 bridgehead atoms. The van der Waals surface area contributed by atoms with Crippen molar-refractivity contribution in [3.05, 3.63) is 54.3 Å². The Morgan fingerprint density at radius 2 is 1.80 bits per heavy atom. The van der Waals surface area contributed by atoms with Crippen LogP contribution in [0.5, 0.6) is 5.75 Å². The summed E-state index contributed by atoms with van der Waals surface area (Å²) in [5.41, 5.74) is 1.39. The maximum atomic E-state index is 13.9. The third-order valence-electron chi connectivity index (χ3n) is 5.16. The SMILES string of the molecule is CCCCOc1ccc(NC(=O)NCCN2CCN(c3ccccc3F)CC2)cc1. The molecule has 3 rings (SSSR count). The highest BCUT2D eigenvalue weighted by Crippen LogP contribution is 2.20. The Morgan fingerprint density at radius 1 is 1.07 bits per heavy atom. The average Bonchev–Trinajstić information content (AvgIpc) is 2.76. The van der Waals surface area contributed by atoms with Crippen molar-refractivity contribution in [3.8, 4) is 5.75 Å². The van der Waals surface area contributed by atoms with Crippen molar-refractivity contribution in [1.82, 2.24) is 10.2 Å². The fourth-order valence-electron chi connectivity index (χ4n) is 3.39. The van der Waals surface area contributed by atoms with Crippen LogP contribution in [0.25, 0.3) is 0 Å². The van der Waals surface area contributed by atoms with Crippen LogP contribution in [0.4, 0.5) is 20.6 Å². The second-order valence-corrected chi connectivity index (χ2v) is 7.39. The second-order valence-electron chi connectivity index (χ2n) is 7.39. The van der Waals surface area contributed by atoms with E-state index in [1.165, 1.54) is 6.07 Å². The van der Waals surface area contributed by atoms with Gasteiger partial charge in [-0.25, -0.2) is 9.18 Å². The van der Waals surface area contributed by atoms with Gasteiger partial charge in [0.1, 0.15) is 11.6 Å². The Kier molecular flexibility index (Phi) is 8.32. The van der Waals surface area contributed by atoms with Crippen LogP contribution in [0, 0.1) is 5.82 Å². The predicted octanol–water partition coefficient (Wildman–Crippen LogP) is 3.95. The number of carbonyl (C=O) groups excluding carboxylic acids is 1. The zero-order valence-corrected chi connectivity index (χ0v) is 17.6. The lowest BCUT2D eigenvalue weighted by atomic mass is 10.2. The van der Waals surface area contributed by atoms with E-state index in [9.17, 15) is 9.18 Å². The van der Waals surface area contributed by atoms with E-state index in [1.807, 2.05) is 36.4 Å². The number of hydrogen-bond donors (Lipinski definition) is 2. The summed E-state index contributed by atoms with van der Waals surface area (Å²) in [5.74, 6) is 0.633. The van der Waals surface area contributed by atoms with E-state index in [2.05, 4.69) is 27.4 Å². The molecule has 0 atom stereocenters. The number of unbranched alkanes of at least 4 members (excludes halogenated alkanes) is 1. The van der Waals surface area contributed by atoms with Crippen LogP contribution in [0.3, 0.4) is 0 Å². The molecule has 1 aliphatic heterocycles. The zero-order valence-electron chi connectivity index (χ0n) is 17.6. The van der Waals surface area contributed by atoms with Crippen molar-refractivity contribution in [2.75, 3.05) is 56.1 Å². The minimum Gasteiger partial charge on any atom is -0.494 e. The summed E-state index contributed by atoms with van der Waals surface area (Å²) < 4.78 is 19.5. The Bertz CT molecular complexity index is 792. The Hall–Kier alpha value is -2.80. The molecule has 1 heterocycles. The van der Waals surface area contributed by atoms with Crippen LogP contribution in [0.15, 0.2) is 48.5 Å². The molecule has 1 saturated heterocycles. The van der Waals surface area contributed by atoms with Crippen molar-refractivity contribution in [1.29, 1.82) is 0 Å². The Morgan fingerprint density at radius 3 is 2.50 bits per heavy atom. The van der Waals surface area contributed by atoms with Crippen molar-refractivity contribution in [2.24, 2.45) is 0 Å². The molecular weight excluding hydrogens is 383 g/mol. The molecule has 0 spiro atoms. The number of halogens is 1. The smallest absolute Gasteiger partial charge is 0.319 e. The van der Waals surface area contributed by atoms with Gasteiger partial charge in [-0.1, -0.05) is 25.5 Å². The third-order valence-corrected chi connectivity index (χ3v) is 5.16. The average molecular weight is 415 g/mol. The summed E-state index contributed by atoms with van der Waals surface area (Å²) in [6.45, 7) is 7.40. The van der Waals surface area contributed by atoms with E-state index in [0.29, 0.717) is 18.8 Å². The minimum absolute atomic E-state index is 0.176. The summed E-state index contributed by atoms with van der Waals surface area (Å²) in [6.07, 6.45) is 2.13. The summed E-state index contributed by atoms with van der Waals surface area (Å²) in [4.78, 5) is 16.5. The third kappa shape index (κ3) is 6.62. The standard InChI is InChI=1S/C23H31FN4O2/c1-2-3-18-30-20-10-8-19(9-11-20)26-23(29)25-12-13-27-14-16-28(17-15-27)22-7-5-4-6-21(22)24/h4-11H,2-3,12-18H2,1H3,(H2,25,26,29). The molecule has 7 heteroatoms. The highest BCUT2D eigenvalue weighted by atomic mass is 19.1. The van der Waals surface area contributed by atoms with Gasteiger partial charge in [0.2, 0.25) is 0 Å². The fourth-order valence-corrected chi connectivity index (χ4v) is 3.39. The quantitative estimate of drug-likeness (QED) is 0.610. The molecule has 0 saturated carbocycles. The van der Waals surface area contributed by atoms with Gasteiger partial charge in [0, 0.05) is 45.0 Å². The molecule has 1 aliphatic rings. The van der Waals surface area contributed by atoms with Crippen LogP contribution in [0.1, 0.15) is 19.8 Å². The number of rotatable bonds is 9. The van der Waals surface area contributed by atoms with E-state index in [0.717, 1.165) is 57.0 Å². The molecule has 2 N–H and O–H groups in total. The number of amides is 2. The van der Waals surface area contributed by atoms with E-state index >= 15 is 0 Å². The first-order chi connectivity index (χ1) is 14.7. The monoisotopic (exact) mass is 414 g/mol. The van der Waals surface area contributed by atoms with Crippen LogP contribution in [0.2, 0.25) is 0 Å². The van der Waals surface area contributed by atoms with E-state index < -0.39 is 0 Å². The normalized spacial score (nSPS) is 14.4. The molecule has 0 aliphatic carbocycles. The minimum atomic E-state index is -0.223. The van der Waals surface area contributed by atoms with Gasteiger partial charge >= 0.3 is 6.03 Å². The highest BCUT2D eigenvalue weighted by molar-refractivity contribution is 5.89. The second kappa shape index (κ2) is 11.4. The summed E-state index contributed by atoms with van der Waals surface area (Å²) in [7, 11) is 0. The Labute approximate surface area is 178 Å². The van der Waals surface area contributed by atoms with E-state index in [4.69, 9.17) is 4.74 Å². The Balaban J connectivity index is 1.33. The molecule has 2 aromatic carbocycles. The maximum Gasteiger partial charge on any atom is 0.319 e. The van der Waals surface area contributed by atoms with Crippen LogP contribution < -0.4 is 20.3 Å². The van der Waals surface area contributed by atoms with Gasteiger partial charge in [-0.3, -0.25) is 4.90 Å². The number of nitrogens with zero attached hydrogens (tertiary/aromatic N) is 2. The topological polar surface area (TPSA) is 56.8 Å². The summed E-state index contributed by atoms with van der Waals surface area (Å²) in [5, 5.41) is 5.73. The van der Waals surface area contributed by atoms with Gasteiger partial charge in [-0.2, -0.15) is 0 Å². The first kappa shape index (κ1) is 21.9. The fraction of sp³-hybridized carbons (Fsp3) is 0.435. The number of piperazine rings is 1. The van der Waals surface area contributed by atoms with Crippen molar-refractivity contribution < 1.29 is 13.9 Å². The van der Waals surface area contributed by atoms with Crippen LogP contribution in [-0.2, 0) is 0 Å². The summed E-state index contributed by atoms with van der Waals surface area (Å²) in [6, 6.07) is 14.1. The number of anilines is 2. The molecule has 0 aromatic heterocycles. The molecule has 2 amide bonds.